The van der Waals surface area contributed by atoms with Crippen LogP contribution >= 0.6 is 0 Å². The molecule has 0 aliphatic carbocycles. The van der Waals surface area contributed by atoms with Gasteiger partial charge in [-0.2, -0.15) is 4.31 Å². The van der Waals surface area contributed by atoms with Gasteiger partial charge in [0.05, 0.1) is 4.90 Å². The molecule has 0 spiro atoms. The van der Waals surface area contributed by atoms with E-state index in [1.807, 2.05) is 20.8 Å². The van der Waals surface area contributed by atoms with E-state index in [0.717, 1.165) is 0 Å². The summed E-state index contributed by atoms with van der Waals surface area (Å²) in [7, 11) is -3.43. The van der Waals surface area contributed by atoms with Gasteiger partial charge >= 0.3 is 0 Å². The van der Waals surface area contributed by atoms with Gasteiger partial charge in [-0.1, -0.05) is 6.92 Å². The molecule has 0 atom stereocenters. The second-order valence-electron chi connectivity index (χ2n) is 4.41. The Balaban J connectivity index is 2.96. The summed E-state index contributed by atoms with van der Waals surface area (Å²) in [6, 6.07) is 6.36. The molecule has 0 saturated carbocycles. The highest BCUT2D eigenvalue weighted by Gasteiger charge is 2.25. The summed E-state index contributed by atoms with van der Waals surface area (Å²) in [5.41, 5.74) is 5.34. The van der Waals surface area contributed by atoms with Gasteiger partial charge in [0, 0.05) is 19.1 Å². The molecule has 108 valence electrons. The number of nitrogens with zero attached hydrogens (tertiary/aromatic N) is 1. The van der Waals surface area contributed by atoms with Crippen LogP contribution in [0.4, 0.5) is 0 Å². The fourth-order valence-electron chi connectivity index (χ4n) is 1.83. The molecule has 0 saturated heterocycles. The first-order valence-corrected chi connectivity index (χ1v) is 7.82. The third-order valence-electron chi connectivity index (χ3n) is 2.70. The highest BCUT2D eigenvalue weighted by atomic mass is 32.2. The van der Waals surface area contributed by atoms with Crippen LogP contribution in [0.2, 0.25) is 0 Å². The Morgan fingerprint density at radius 1 is 1.26 bits per heavy atom. The number of hydrogen-bond acceptors (Lipinski definition) is 4. The van der Waals surface area contributed by atoms with Gasteiger partial charge in [-0.25, -0.2) is 8.42 Å². The highest BCUT2D eigenvalue weighted by Crippen LogP contribution is 2.21. The second kappa shape index (κ2) is 6.88. The fourth-order valence-corrected chi connectivity index (χ4v) is 3.48. The van der Waals surface area contributed by atoms with Crippen molar-refractivity contribution >= 4 is 10.0 Å². The van der Waals surface area contributed by atoms with Crippen LogP contribution in [0.5, 0.6) is 5.75 Å². The van der Waals surface area contributed by atoms with Crippen LogP contribution in [0.3, 0.4) is 0 Å². The second-order valence-corrected chi connectivity index (χ2v) is 6.30. The highest BCUT2D eigenvalue weighted by molar-refractivity contribution is 7.89. The van der Waals surface area contributed by atoms with Gasteiger partial charge in [0.1, 0.15) is 12.4 Å². The SMILES string of the molecule is CCN(C(C)C)S(=O)(=O)c1ccc(OCCN)cc1. The zero-order valence-corrected chi connectivity index (χ0v) is 12.5. The van der Waals surface area contributed by atoms with Crippen LogP contribution in [-0.2, 0) is 10.0 Å². The number of benzene rings is 1. The molecular weight excluding hydrogens is 264 g/mol. The van der Waals surface area contributed by atoms with Crippen molar-refractivity contribution in [3.05, 3.63) is 24.3 Å². The maximum atomic E-state index is 12.4. The number of sulfonamides is 1. The van der Waals surface area contributed by atoms with Crippen molar-refractivity contribution in [2.45, 2.75) is 31.7 Å². The number of hydrogen-bond donors (Lipinski definition) is 1. The molecule has 1 aromatic carbocycles. The van der Waals surface area contributed by atoms with Crippen LogP contribution in [0.25, 0.3) is 0 Å². The largest absolute Gasteiger partial charge is 0.492 e. The molecule has 1 aromatic rings. The lowest BCUT2D eigenvalue weighted by atomic mass is 10.3. The van der Waals surface area contributed by atoms with Gasteiger partial charge in [0.25, 0.3) is 0 Å². The molecule has 0 aromatic heterocycles. The van der Waals surface area contributed by atoms with Crippen LogP contribution in [0.15, 0.2) is 29.2 Å². The van der Waals surface area contributed by atoms with E-state index < -0.39 is 10.0 Å². The monoisotopic (exact) mass is 286 g/mol. The van der Waals surface area contributed by atoms with Crippen molar-refractivity contribution in [3.63, 3.8) is 0 Å². The molecule has 0 fully saturated rings. The molecule has 0 bridgehead atoms. The summed E-state index contributed by atoms with van der Waals surface area (Å²) in [5, 5.41) is 0. The zero-order chi connectivity index (χ0) is 14.5. The van der Waals surface area contributed by atoms with E-state index >= 15 is 0 Å². The molecule has 0 heterocycles. The summed E-state index contributed by atoms with van der Waals surface area (Å²) in [6.45, 7) is 6.84. The first-order chi connectivity index (χ1) is 8.93. The van der Waals surface area contributed by atoms with Crippen molar-refractivity contribution in [2.24, 2.45) is 5.73 Å². The van der Waals surface area contributed by atoms with E-state index in [2.05, 4.69) is 0 Å². The summed E-state index contributed by atoms with van der Waals surface area (Å²) < 4.78 is 31.6. The molecule has 0 amide bonds. The lowest BCUT2D eigenvalue weighted by Crippen LogP contribution is -2.36. The third kappa shape index (κ3) is 3.92. The minimum absolute atomic E-state index is 0.0665. The normalized spacial score (nSPS) is 12.1. The van der Waals surface area contributed by atoms with Gasteiger partial charge in [-0.15, -0.1) is 0 Å². The summed E-state index contributed by atoms with van der Waals surface area (Å²) in [5.74, 6) is 0.622. The van der Waals surface area contributed by atoms with Crippen LogP contribution in [-0.4, -0.2) is 38.5 Å². The Morgan fingerprint density at radius 3 is 2.26 bits per heavy atom. The van der Waals surface area contributed by atoms with Crippen molar-refractivity contribution in [2.75, 3.05) is 19.7 Å². The maximum Gasteiger partial charge on any atom is 0.243 e. The smallest absolute Gasteiger partial charge is 0.243 e. The first kappa shape index (κ1) is 15.9. The molecule has 0 radical (unpaired) electrons. The molecule has 0 aliphatic heterocycles. The fraction of sp³-hybridized carbons (Fsp3) is 0.538. The number of rotatable bonds is 7. The molecule has 0 unspecified atom stereocenters. The van der Waals surface area contributed by atoms with Crippen LogP contribution in [0.1, 0.15) is 20.8 Å². The van der Waals surface area contributed by atoms with E-state index in [0.29, 0.717) is 25.4 Å². The molecule has 19 heavy (non-hydrogen) atoms. The van der Waals surface area contributed by atoms with E-state index in [1.54, 1.807) is 24.3 Å². The molecule has 2 N–H and O–H groups in total. The predicted molar refractivity (Wildman–Crippen MR) is 75.7 cm³/mol. The minimum atomic E-state index is -3.43. The molecule has 1 rings (SSSR count). The van der Waals surface area contributed by atoms with E-state index in [9.17, 15) is 8.42 Å². The number of nitrogens with two attached hydrogens (primary N) is 1. The van der Waals surface area contributed by atoms with Gasteiger partial charge in [-0.05, 0) is 38.1 Å². The van der Waals surface area contributed by atoms with Gasteiger partial charge in [0.2, 0.25) is 10.0 Å². The molecule has 5 nitrogen and oxygen atoms in total. The lowest BCUT2D eigenvalue weighted by Gasteiger charge is -2.24. The lowest BCUT2D eigenvalue weighted by molar-refractivity contribution is 0.328. The maximum absolute atomic E-state index is 12.4. The van der Waals surface area contributed by atoms with Gasteiger partial charge in [0.15, 0.2) is 0 Å². The van der Waals surface area contributed by atoms with Crippen LogP contribution < -0.4 is 10.5 Å². The van der Waals surface area contributed by atoms with Crippen molar-refractivity contribution in [1.29, 1.82) is 0 Å². The van der Waals surface area contributed by atoms with Gasteiger partial charge in [-0.3, -0.25) is 0 Å². The summed E-state index contributed by atoms with van der Waals surface area (Å²) in [4.78, 5) is 0.281. The first-order valence-electron chi connectivity index (χ1n) is 6.38. The van der Waals surface area contributed by atoms with Gasteiger partial charge < -0.3 is 10.5 Å². The van der Waals surface area contributed by atoms with Crippen molar-refractivity contribution in [3.8, 4) is 5.75 Å². The Hall–Kier alpha value is -1.11. The summed E-state index contributed by atoms with van der Waals surface area (Å²) >= 11 is 0. The van der Waals surface area contributed by atoms with E-state index in [1.165, 1.54) is 4.31 Å². The Labute approximate surface area is 115 Å². The Bertz CT molecular complexity index is 483. The molecule has 0 aliphatic rings. The number of ether oxygens (including phenoxy) is 1. The zero-order valence-electron chi connectivity index (χ0n) is 11.7. The predicted octanol–water partition coefficient (Wildman–Crippen LogP) is 1.44. The van der Waals surface area contributed by atoms with E-state index in [4.69, 9.17) is 10.5 Å². The van der Waals surface area contributed by atoms with Crippen molar-refractivity contribution < 1.29 is 13.2 Å². The van der Waals surface area contributed by atoms with E-state index in [-0.39, 0.29) is 10.9 Å². The van der Waals surface area contributed by atoms with Crippen molar-refractivity contribution in [1.82, 2.24) is 4.31 Å². The topological polar surface area (TPSA) is 72.6 Å². The van der Waals surface area contributed by atoms with Crippen LogP contribution in [0, 0.1) is 0 Å². The Kier molecular flexibility index (Phi) is 5.78. The molecule has 6 heteroatoms. The minimum Gasteiger partial charge on any atom is -0.492 e. The molecular formula is C13H22N2O3S. The Morgan fingerprint density at radius 2 is 1.84 bits per heavy atom. The third-order valence-corrected chi connectivity index (χ3v) is 4.87. The average Bonchev–Trinajstić information content (AvgIpc) is 2.36. The quantitative estimate of drug-likeness (QED) is 0.823. The standard InChI is InChI=1S/C13H22N2O3S/c1-4-15(11(2)3)19(16,17)13-7-5-12(6-8-13)18-10-9-14/h5-8,11H,4,9-10,14H2,1-3H3. The average molecular weight is 286 g/mol. The summed E-state index contributed by atoms with van der Waals surface area (Å²) in [6.07, 6.45) is 0.